The van der Waals surface area contributed by atoms with Crippen molar-refractivity contribution in [3.05, 3.63) is 74.7 Å². The number of esters is 1. The Labute approximate surface area is 152 Å². The second-order valence-corrected chi connectivity index (χ2v) is 6.49. The molecule has 0 saturated carbocycles. The summed E-state index contributed by atoms with van der Waals surface area (Å²) >= 11 is 0. The van der Waals surface area contributed by atoms with Gasteiger partial charge < -0.3 is 9.30 Å². The van der Waals surface area contributed by atoms with Gasteiger partial charge in [0.25, 0.3) is 0 Å². The number of nitrogens with zero attached hydrogens (tertiary/aromatic N) is 2. The van der Waals surface area contributed by atoms with Gasteiger partial charge in [-0.3, -0.25) is 4.79 Å². The van der Waals surface area contributed by atoms with Crippen molar-refractivity contribution in [2.45, 2.75) is 40.8 Å². The van der Waals surface area contributed by atoms with Crippen LogP contribution in [0.5, 0.6) is 0 Å². The summed E-state index contributed by atoms with van der Waals surface area (Å²) in [6, 6.07) is 9.48. The second kappa shape index (κ2) is 7.12. The monoisotopic (exact) mass is 350 g/mol. The summed E-state index contributed by atoms with van der Waals surface area (Å²) in [6.07, 6.45) is 1.54. The van der Waals surface area contributed by atoms with Gasteiger partial charge in [-0.2, -0.15) is 0 Å². The van der Waals surface area contributed by atoms with E-state index >= 15 is 0 Å². The third kappa shape index (κ3) is 3.38. The lowest BCUT2D eigenvalue weighted by molar-refractivity contribution is 0.0470. The number of rotatable bonds is 4. The Bertz CT molecular complexity index is 1050. The smallest absolute Gasteiger partial charge is 0.344 e. The lowest BCUT2D eigenvalue weighted by atomic mass is 10.1. The number of fused-ring (bicyclic) bond motifs is 1. The van der Waals surface area contributed by atoms with Gasteiger partial charge in [-0.05, 0) is 51.0 Å². The SMILES string of the molecule is CCn1cc(C(=O)OCc2cc(C)ccc2C)c(=O)c2ccc(C)nc21. The fourth-order valence-corrected chi connectivity index (χ4v) is 2.92. The van der Waals surface area contributed by atoms with Crippen molar-refractivity contribution < 1.29 is 9.53 Å². The van der Waals surface area contributed by atoms with Crippen LogP contribution in [0.15, 0.2) is 41.3 Å². The molecular weight excluding hydrogens is 328 g/mol. The topological polar surface area (TPSA) is 61.2 Å². The molecule has 0 fully saturated rings. The molecule has 0 unspecified atom stereocenters. The van der Waals surface area contributed by atoms with Gasteiger partial charge in [-0.15, -0.1) is 0 Å². The summed E-state index contributed by atoms with van der Waals surface area (Å²) in [6.45, 7) is 8.52. The Morgan fingerprint density at radius 2 is 1.92 bits per heavy atom. The molecule has 5 heteroatoms. The highest BCUT2D eigenvalue weighted by molar-refractivity contribution is 5.93. The standard InChI is InChI=1S/C21H22N2O3/c1-5-23-11-18(19(24)17-9-8-15(4)22-20(17)23)21(25)26-12-16-10-13(2)6-7-14(16)3/h6-11H,5,12H2,1-4H3. The summed E-state index contributed by atoms with van der Waals surface area (Å²) in [5.41, 5.74) is 4.19. The minimum atomic E-state index is -0.611. The van der Waals surface area contributed by atoms with Crippen LogP contribution in [0.1, 0.15) is 39.7 Å². The molecule has 0 aliphatic rings. The first-order chi connectivity index (χ1) is 12.4. The number of aromatic nitrogens is 2. The van der Waals surface area contributed by atoms with Crippen LogP contribution >= 0.6 is 0 Å². The number of benzene rings is 1. The first kappa shape index (κ1) is 17.9. The van der Waals surface area contributed by atoms with E-state index in [1.165, 1.54) is 0 Å². The van der Waals surface area contributed by atoms with Crippen molar-refractivity contribution in [3.63, 3.8) is 0 Å². The molecule has 0 spiro atoms. The molecule has 3 aromatic rings. The maximum atomic E-state index is 12.7. The van der Waals surface area contributed by atoms with E-state index < -0.39 is 5.97 Å². The van der Waals surface area contributed by atoms with Gasteiger partial charge in [0, 0.05) is 18.4 Å². The van der Waals surface area contributed by atoms with E-state index in [0.717, 1.165) is 22.4 Å². The molecule has 0 amide bonds. The van der Waals surface area contributed by atoms with Gasteiger partial charge in [-0.1, -0.05) is 23.8 Å². The molecule has 0 radical (unpaired) electrons. The molecule has 2 aromatic heterocycles. The van der Waals surface area contributed by atoms with Crippen LogP contribution in [-0.2, 0) is 17.9 Å². The number of carbonyl (C=O) groups is 1. The molecule has 26 heavy (non-hydrogen) atoms. The minimum Gasteiger partial charge on any atom is -0.457 e. The van der Waals surface area contributed by atoms with Gasteiger partial charge in [0.2, 0.25) is 5.43 Å². The van der Waals surface area contributed by atoms with Gasteiger partial charge in [0.1, 0.15) is 17.8 Å². The Morgan fingerprint density at radius 3 is 2.65 bits per heavy atom. The third-order valence-corrected chi connectivity index (χ3v) is 4.48. The van der Waals surface area contributed by atoms with Crippen molar-refractivity contribution in [1.82, 2.24) is 9.55 Å². The predicted octanol–water partition coefficient (Wildman–Crippen LogP) is 3.70. The van der Waals surface area contributed by atoms with E-state index in [0.29, 0.717) is 17.6 Å². The molecule has 134 valence electrons. The fourth-order valence-electron chi connectivity index (χ4n) is 2.92. The van der Waals surface area contributed by atoms with Crippen LogP contribution in [0.4, 0.5) is 0 Å². The zero-order valence-corrected chi connectivity index (χ0v) is 15.5. The highest BCUT2D eigenvalue weighted by Crippen LogP contribution is 2.14. The zero-order valence-electron chi connectivity index (χ0n) is 15.5. The quantitative estimate of drug-likeness (QED) is 0.673. The Balaban J connectivity index is 1.95. The highest BCUT2D eigenvalue weighted by Gasteiger charge is 2.17. The fraction of sp³-hybridized carbons (Fsp3) is 0.286. The number of hydrogen-bond acceptors (Lipinski definition) is 4. The first-order valence-corrected chi connectivity index (χ1v) is 8.64. The zero-order chi connectivity index (χ0) is 18.8. The second-order valence-electron chi connectivity index (χ2n) is 6.49. The number of carbonyl (C=O) groups excluding carboxylic acids is 1. The Morgan fingerprint density at radius 1 is 1.15 bits per heavy atom. The molecule has 1 aromatic carbocycles. The van der Waals surface area contributed by atoms with Crippen molar-refractivity contribution in [2.24, 2.45) is 0 Å². The van der Waals surface area contributed by atoms with Crippen LogP contribution in [0.2, 0.25) is 0 Å². The molecule has 0 saturated heterocycles. The molecule has 3 rings (SSSR count). The van der Waals surface area contributed by atoms with Gasteiger partial charge in [0.05, 0.1) is 5.39 Å². The molecule has 0 bridgehead atoms. The molecule has 0 N–H and O–H groups in total. The average molecular weight is 350 g/mol. The van der Waals surface area contributed by atoms with Gasteiger partial charge in [-0.25, -0.2) is 9.78 Å². The van der Waals surface area contributed by atoms with Gasteiger partial charge in [0.15, 0.2) is 0 Å². The largest absolute Gasteiger partial charge is 0.457 e. The van der Waals surface area contributed by atoms with E-state index in [1.807, 2.05) is 45.9 Å². The van der Waals surface area contributed by atoms with Crippen LogP contribution in [0, 0.1) is 20.8 Å². The maximum Gasteiger partial charge on any atom is 0.344 e. The first-order valence-electron chi connectivity index (χ1n) is 8.64. The van der Waals surface area contributed by atoms with Crippen molar-refractivity contribution in [1.29, 1.82) is 0 Å². The van der Waals surface area contributed by atoms with Crippen molar-refractivity contribution in [3.8, 4) is 0 Å². The number of aryl methyl sites for hydroxylation is 4. The predicted molar refractivity (Wildman–Crippen MR) is 101 cm³/mol. The number of hydrogen-bond donors (Lipinski definition) is 0. The van der Waals surface area contributed by atoms with Crippen molar-refractivity contribution >= 4 is 17.0 Å². The van der Waals surface area contributed by atoms with E-state index in [9.17, 15) is 9.59 Å². The van der Waals surface area contributed by atoms with E-state index in [2.05, 4.69) is 4.98 Å². The Hall–Kier alpha value is -2.95. The molecule has 0 aliphatic heterocycles. The maximum absolute atomic E-state index is 12.7. The average Bonchev–Trinajstić information content (AvgIpc) is 2.62. The normalized spacial score (nSPS) is 10.9. The minimum absolute atomic E-state index is 0.0373. The van der Waals surface area contributed by atoms with Crippen LogP contribution in [0.3, 0.4) is 0 Å². The summed E-state index contributed by atoms with van der Waals surface area (Å²) in [5, 5.41) is 0.429. The summed E-state index contributed by atoms with van der Waals surface area (Å²) < 4.78 is 7.23. The molecule has 2 heterocycles. The summed E-state index contributed by atoms with van der Waals surface area (Å²) in [7, 11) is 0. The molecular formula is C21H22N2O3. The summed E-state index contributed by atoms with van der Waals surface area (Å²) in [4.78, 5) is 29.7. The lowest BCUT2D eigenvalue weighted by Gasteiger charge is -2.12. The van der Waals surface area contributed by atoms with Crippen LogP contribution in [0.25, 0.3) is 11.0 Å². The van der Waals surface area contributed by atoms with E-state index in [-0.39, 0.29) is 17.6 Å². The number of pyridine rings is 2. The van der Waals surface area contributed by atoms with Crippen molar-refractivity contribution in [2.75, 3.05) is 0 Å². The lowest BCUT2D eigenvalue weighted by Crippen LogP contribution is -2.21. The molecule has 5 nitrogen and oxygen atoms in total. The molecule has 0 atom stereocenters. The van der Waals surface area contributed by atoms with Crippen LogP contribution in [-0.4, -0.2) is 15.5 Å². The van der Waals surface area contributed by atoms with Gasteiger partial charge >= 0.3 is 5.97 Å². The molecule has 0 aliphatic carbocycles. The Kier molecular flexibility index (Phi) is 4.89. The highest BCUT2D eigenvalue weighted by atomic mass is 16.5. The summed E-state index contributed by atoms with van der Waals surface area (Å²) in [5.74, 6) is -0.611. The number of ether oxygens (including phenoxy) is 1. The van der Waals surface area contributed by atoms with Crippen LogP contribution < -0.4 is 5.43 Å². The third-order valence-electron chi connectivity index (χ3n) is 4.48. The van der Waals surface area contributed by atoms with E-state index in [1.54, 1.807) is 22.9 Å². The van der Waals surface area contributed by atoms with E-state index in [4.69, 9.17) is 4.74 Å².